The van der Waals surface area contributed by atoms with Crippen molar-refractivity contribution in [3.8, 4) is 10.4 Å². The van der Waals surface area contributed by atoms with E-state index in [1.54, 1.807) is 35.0 Å². The molecule has 1 aromatic carbocycles. The molecule has 0 aliphatic rings. The minimum absolute atomic E-state index is 0.0269. The summed E-state index contributed by atoms with van der Waals surface area (Å²) in [5.41, 5.74) is 1.77. The molecule has 0 atom stereocenters. The number of amides is 1. The molecule has 29 heavy (non-hydrogen) atoms. The molecule has 0 saturated heterocycles. The molecule has 148 valence electrons. The zero-order valence-corrected chi connectivity index (χ0v) is 18.4. The van der Waals surface area contributed by atoms with Crippen molar-refractivity contribution in [3.63, 3.8) is 0 Å². The maximum atomic E-state index is 13.1. The highest BCUT2D eigenvalue weighted by molar-refractivity contribution is 7.98. The van der Waals surface area contributed by atoms with Crippen molar-refractivity contribution < 1.29 is 4.79 Å². The van der Waals surface area contributed by atoms with Crippen molar-refractivity contribution in [1.82, 2.24) is 14.5 Å². The minimum Gasteiger partial charge on any atom is -0.340 e. The Kier molecular flexibility index (Phi) is 5.84. The van der Waals surface area contributed by atoms with Gasteiger partial charge in [-0.05, 0) is 35.4 Å². The first-order valence-electron chi connectivity index (χ1n) is 8.94. The maximum Gasteiger partial charge on any atom is 0.263 e. The summed E-state index contributed by atoms with van der Waals surface area (Å²) in [6.45, 7) is 0.470. The van der Waals surface area contributed by atoms with E-state index >= 15 is 0 Å². The molecule has 0 aliphatic carbocycles. The van der Waals surface area contributed by atoms with Gasteiger partial charge < -0.3 is 4.90 Å². The fourth-order valence-electron chi connectivity index (χ4n) is 3.05. The third kappa shape index (κ3) is 4.14. The first-order valence-corrected chi connectivity index (χ1v) is 11.9. The Morgan fingerprint density at radius 3 is 2.69 bits per heavy atom. The predicted molar refractivity (Wildman–Crippen MR) is 122 cm³/mol. The van der Waals surface area contributed by atoms with E-state index < -0.39 is 0 Å². The zero-order valence-electron chi connectivity index (χ0n) is 16.0. The molecule has 0 bridgehead atoms. The first kappa shape index (κ1) is 19.9. The van der Waals surface area contributed by atoms with E-state index in [1.165, 1.54) is 27.1 Å². The molecule has 8 heteroatoms. The highest BCUT2D eigenvalue weighted by Gasteiger charge is 2.16. The second kappa shape index (κ2) is 8.52. The fourth-order valence-corrected chi connectivity index (χ4v) is 5.18. The molecule has 0 spiro atoms. The molecule has 0 radical (unpaired) electrons. The average molecular weight is 442 g/mol. The minimum atomic E-state index is -0.175. The molecule has 0 unspecified atom stereocenters. The fraction of sp³-hybridized carbons (Fsp3) is 0.190. The lowest BCUT2D eigenvalue weighted by Gasteiger charge is -2.18. The summed E-state index contributed by atoms with van der Waals surface area (Å²) < 4.78 is 1.40. The van der Waals surface area contributed by atoms with Gasteiger partial charge in [0, 0.05) is 34.3 Å². The Labute approximate surface area is 180 Å². The lowest BCUT2D eigenvalue weighted by molar-refractivity contribution is -0.131. The highest BCUT2D eigenvalue weighted by atomic mass is 32.2. The van der Waals surface area contributed by atoms with Gasteiger partial charge in [-0.1, -0.05) is 18.2 Å². The number of benzene rings is 1. The number of hydrogen-bond donors (Lipinski definition) is 0. The number of hydrogen-bond acceptors (Lipinski definition) is 6. The molecule has 0 saturated carbocycles. The summed E-state index contributed by atoms with van der Waals surface area (Å²) in [5, 5.41) is 4.53. The van der Waals surface area contributed by atoms with Crippen molar-refractivity contribution in [2.24, 2.45) is 0 Å². The molecule has 3 heterocycles. The van der Waals surface area contributed by atoms with Gasteiger partial charge in [-0.25, -0.2) is 4.98 Å². The van der Waals surface area contributed by atoms with Crippen LogP contribution in [0.4, 0.5) is 0 Å². The van der Waals surface area contributed by atoms with E-state index in [9.17, 15) is 9.59 Å². The zero-order chi connectivity index (χ0) is 20.4. The Morgan fingerprint density at radius 2 is 2.00 bits per heavy atom. The van der Waals surface area contributed by atoms with Crippen LogP contribution in [-0.4, -0.2) is 33.7 Å². The van der Waals surface area contributed by atoms with Gasteiger partial charge in [0.1, 0.15) is 11.4 Å². The number of carbonyl (C=O) groups excluding carboxylic acids is 1. The number of aromatic nitrogens is 2. The van der Waals surface area contributed by atoms with Gasteiger partial charge in [-0.3, -0.25) is 14.2 Å². The predicted octanol–water partition coefficient (Wildman–Crippen LogP) is 4.57. The SMILES string of the molecule is CSc1ccc(CN(C)C(=O)Cn2cnc3scc(-c4cccs4)c3c2=O)cc1. The standard InChI is InChI=1S/C21H19N3O2S3/c1-23(10-14-5-7-15(27-2)8-6-14)18(25)11-24-13-22-20-19(21(24)26)16(12-29-20)17-4-3-9-28-17/h3-9,12-13H,10-11H2,1-2H3. The van der Waals surface area contributed by atoms with Gasteiger partial charge in [0.15, 0.2) is 0 Å². The number of rotatable bonds is 6. The maximum absolute atomic E-state index is 13.1. The van der Waals surface area contributed by atoms with Crippen molar-refractivity contribution in [2.45, 2.75) is 18.0 Å². The van der Waals surface area contributed by atoms with Crippen LogP contribution in [0.3, 0.4) is 0 Å². The summed E-state index contributed by atoms with van der Waals surface area (Å²) in [4.78, 5) is 34.7. The molecular formula is C21H19N3O2S3. The first-order chi connectivity index (χ1) is 14.1. The monoisotopic (exact) mass is 441 g/mol. The third-order valence-corrected chi connectivity index (χ3v) is 7.19. The number of thiophene rings is 2. The summed E-state index contributed by atoms with van der Waals surface area (Å²) >= 11 is 4.72. The Morgan fingerprint density at radius 1 is 1.21 bits per heavy atom. The van der Waals surface area contributed by atoms with Gasteiger partial charge in [-0.15, -0.1) is 34.4 Å². The van der Waals surface area contributed by atoms with Gasteiger partial charge in [0.2, 0.25) is 5.91 Å². The summed E-state index contributed by atoms with van der Waals surface area (Å²) in [6.07, 6.45) is 3.50. The van der Waals surface area contributed by atoms with Crippen LogP contribution in [0.1, 0.15) is 5.56 Å². The van der Waals surface area contributed by atoms with Gasteiger partial charge in [0.25, 0.3) is 5.56 Å². The van der Waals surface area contributed by atoms with E-state index in [0.717, 1.165) is 16.0 Å². The van der Waals surface area contributed by atoms with Crippen molar-refractivity contribution in [3.05, 3.63) is 69.4 Å². The van der Waals surface area contributed by atoms with Crippen LogP contribution in [0.25, 0.3) is 20.7 Å². The number of likely N-dealkylation sites (N-methyl/N-ethyl adjacent to an activating group) is 1. The second-order valence-corrected chi connectivity index (χ2v) is 9.27. The van der Waals surface area contributed by atoms with Crippen LogP contribution < -0.4 is 5.56 Å². The van der Waals surface area contributed by atoms with Crippen LogP contribution in [-0.2, 0) is 17.9 Å². The molecule has 5 nitrogen and oxygen atoms in total. The molecular weight excluding hydrogens is 422 g/mol. The molecule has 4 rings (SSSR count). The topological polar surface area (TPSA) is 55.2 Å². The van der Waals surface area contributed by atoms with Gasteiger partial charge in [0.05, 0.1) is 11.7 Å². The van der Waals surface area contributed by atoms with Crippen LogP contribution in [0, 0.1) is 0 Å². The van der Waals surface area contributed by atoms with Crippen LogP contribution in [0.2, 0.25) is 0 Å². The average Bonchev–Trinajstić information content (AvgIpc) is 3.40. The normalized spacial score (nSPS) is 11.1. The number of fused-ring (bicyclic) bond motifs is 1. The van der Waals surface area contributed by atoms with Crippen LogP contribution >= 0.6 is 34.4 Å². The Hall–Kier alpha value is -2.42. The molecule has 4 aromatic rings. The molecule has 0 fully saturated rings. The molecule has 1 amide bonds. The Balaban J connectivity index is 1.55. The lowest BCUT2D eigenvalue weighted by Crippen LogP contribution is -2.33. The number of carbonyl (C=O) groups is 1. The van der Waals surface area contributed by atoms with Gasteiger partial charge in [-0.2, -0.15) is 0 Å². The molecule has 0 N–H and O–H groups in total. The van der Waals surface area contributed by atoms with Crippen molar-refractivity contribution in [2.75, 3.05) is 13.3 Å². The number of thioether (sulfide) groups is 1. The summed E-state index contributed by atoms with van der Waals surface area (Å²) in [7, 11) is 1.75. The van der Waals surface area contributed by atoms with Crippen molar-refractivity contribution in [1.29, 1.82) is 0 Å². The molecule has 0 aliphatic heterocycles. The quantitative estimate of drug-likeness (QED) is 0.412. The van der Waals surface area contributed by atoms with E-state index in [4.69, 9.17) is 0 Å². The summed E-state index contributed by atoms with van der Waals surface area (Å²) in [6, 6.07) is 12.1. The lowest BCUT2D eigenvalue weighted by atomic mass is 10.2. The molecule has 3 aromatic heterocycles. The van der Waals surface area contributed by atoms with Crippen LogP contribution in [0.15, 0.2) is 63.2 Å². The number of nitrogens with zero attached hydrogens (tertiary/aromatic N) is 3. The van der Waals surface area contributed by atoms with E-state index in [1.807, 2.05) is 53.4 Å². The highest BCUT2D eigenvalue weighted by Crippen LogP contribution is 2.33. The van der Waals surface area contributed by atoms with Crippen LogP contribution in [0.5, 0.6) is 0 Å². The Bertz CT molecular complexity index is 1190. The smallest absolute Gasteiger partial charge is 0.263 e. The third-order valence-electron chi connectivity index (χ3n) is 4.66. The summed E-state index contributed by atoms with van der Waals surface area (Å²) in [5.74, 6) is -0.130. The van der Waals surface area contributed by atoms with E-state index in [-0.39, 0.29) is 18.0 Å². The van der Waals surface area contributed by atoms with Gasteiger partial charge >= 0.3 is 0 Å². The van der Waals surface area contributed by atoms with Crippen molar-refractivity contribution >= 4 is 50.6 Å². The van der Waals surface area contributed by atoms with E-state index in [0.29, 0.717) is 16.8 Å². The largest absolute Gasteiger partial charge is 0.340 e. The van der Waals surface area contributed by atoms with E-state index in [2.05, 4.69) is 4.98 Å². The second-order valence-electron chi connectivity index (χ2n) is 6.58.